The Labute approximate surface area is 171 Å². The number of ether oxygens (including phenoxy) is 2. The molecule has 2 rings (SSSR count). The zero-order chi connectivity index (χ0) is 22.9. The van der Waals surface area contributed by atoms with Crippen LogP contribution in [0.25, 0.3) is 0 Å². The summed E-state index contributed by atoms with van der Waals surface area (Å²) in [7, 11) is -6.05. The molecule has 0 bridgehead atoms. The molecule has 30 heavy (non-hydrogen) atoms. The fraction of sp³-hybridized carbons (Fsp3) is 0.588. The van der Waals surface area contributed by atoms with Crippen LogP contribution in [0, 0.1) is 0 Å². The Morgan fingerprint density at radius 3 is 2.40 bits per heavy atom. The van der Waals surface area contributed by atoms with Crippen LogP contribution in [0.3, 0.4) is 0 Å². The number of aromatic nitrogens is 1. The summed E-state index contributed by atoms with van der Waals surface area (Å²) in [5.74, 6) is -2.15. The molecule has 0 N–H and O–H groups in total. The van der Waals surface area contributed by atoms with Gasteiger partial charge in [-0.05, 0) is 39.3 Å². The van der Waals surface area contributed by atoms with E-state index in [1.54, 1.807) is 20.8 Å². The predicted octanol–water partition coefficient (Wildman–Crippen LogP) is 2.78. The van der Waals surface area contributed by atoms with Crippen LogP contribution in [0.4, 0.5) is 18.0 Å². The van der Waals surface area contributed by atoms with Gasteiger partial charge in [0.1, 0.15) is 11.2 Å². The molecule has 9 nitrogen and oxygen atoms in total. The zero-order valence-electron chi connectivity index (χ0n) is 16.7. The summed E-state index contributed by atoms with van der Waals surface area (Å²) in [6, 6.07) is 1.11. The number of hydrogen-bond donors (Lipinski definition) is 0. The summed E-state index contributed by atoms with van der Waals surface area (Å²) < 4.78 is 75.0. The molecule has 0 fully saturated rings. The molecule has 0 aliphatic carbocycles. The van der Waals surface area contributed by atoms with Gasteiger partial charge >= 0.3 is 27.7 Å². The molecule has 13 heteroatoms. The minimum atomic E-state index is -6.05. The lowest BCUT2D eigenvalue weighted by Gasteiger charge is -2.31. The minimum Gasteiger partial charge on any atom is -0.462 e. The van der Waals surface area contributed by atoms with E-state index in [9.17, 15) is 31.2 Å². The number of alkyl halides is 3. The highest BCUT2D eigenvalue weighted by Gasteiger charge is 2.49. The van der Waals surface area contributed by atoms with Crippen LogP contribution in [0.5, 0.6) is 5.88 Å². The van der Waals surface area contributed by atoms with Gasteiger partial charge in [-0.25, -0.2) is 14.6 Å². The monoisotopic (exact) mass is 454 g/mol. The first kappa shape index (κ1) is 23.7. The topological polar surface area (TPSA) is 112 Å². The Morgan fingerprint density at radius 1 is 1.23 bits per heavy atom. The normalized spacial score (nSPS) is 14.7. The Morgan fingerprint density at radius 2 is 1.87 bits per heavy atom. The van der Waals surface area contributed by atoms with Crippen LogP contribution in [0.1, 0.15) is 49.3 Å². The van der Waals surface area contributed by atoms with Crippen LogP contribution < -0.4 is 4.18 Å². The summed E-state index contributed by atoms with van der Waals surface area (Å²) in [4.78, 5) is 29.6. The number of halogens is 3. The summed E-state index contributed by atoms with van der Waals surface area (Å²) in [6.07, 6.45) is -0.536. The van der Waals surface area contributed by atoms with Gasteiger partial charge in [0.15, 0.2) is 0 Å². The minimum absolute atomic E-state index is 0.0457. The SMILES string of the molecule is CCOC(=O)c1cc2c(nc1OS(=O)(=O)C(F)(F)F)CCN(C(=O)OC(C)(C)C)C2. The molecule has 0 unspecified atom stereocenters. The number of nitrogens with zero attached hydrogens (tertiary/aromatic N) is 2. The molecule has 0 saturated heterocycles. The van der Waals surface area contributed by atoms with Gasteiger partial charge < -0.3 is 18.6 Å². The smallest absolute Gasteiger partial charge is 0.462 e. The van der Waals surface area contributed by atoms with Crippen molar-refractivity contribution in [3.8, 4) is 5.88 Å². The number of amides is 1. The molecule has 0 saturated carbocycles. The van der Waals surface area contributed by atoms with Crippen molar-refractivity contribution in [2.75, 3.05) is 13.2 Å². The lowest BCUT2D eigenvalue weighted by Crippen LogP contribution is -2.40. The van der Waals surface area contributed by atoms with Crippen molar-refractivity contribution in [2.24, 2.45) is 0 Å². The van der Waals surface area contributed by atoms with Gasteiger partial charge in [-0.1, -0.05) is 0 Å². The largest absolute Gasteiger partial charge is 0.534 e. The van der Waals surface area contributed by atoms with E-state index in [4.69, 9.17) is 9.47 Å². The van der Waals surface area contributed by atoms with Crippen molar-refractivity contribution in [2.45, 2.75) is 51.8 Å². The highest BCUT2D eigenvalue weighted by atomic mass is 32.2. The molecule has 168 valence electrons. The maximum atomic E-state index is 12.7. The zero-order valence-corrected chi connectivity index (χ0v) is 17.5. The second-order valence-electron chi connectivity index (χ2n) is 7.30. The summed E-state index contributed by atoms with van der Waals surface area (Å²) in [6.45, 7) is 6.48. The number of pyridine rings is 1. The number of esters is 1. The Kier molecular flexibility index (Phi) is 6.54. The molecule has 1 aliphatic rings. The lowest BCUT2D eigenvalue weighted by atomic mass is 10.0. The first-order chi connectivity index (χ1) is 13.6. The van der Waals surface area contributed by atoms with E-state index in [-0.39, 0.29) is 31.8 Å². The van der Waals surface area contributed by atoms with Crippen LogP contribution in [-0.4, -0.2) is 54.6 Å². The standard InChI is InChI=1S/C17H21F3N2O7S/c1-5-27-14(23)11-8-10-9-22(15(24)28-16(2,3)4)7-6-12(10)21-13(11)29-30(25,26)17(18,19)20/h8H,5-7,9H2,1-4H3. The number of carbonyl (C=O) groups is 2. The van der Waals surface area contributed by atoms with Crippen molar-refractivity contribution >= 4 is 22.2 Å². The molecular weight excluding hydrogens is 433 g/mol. The van der Waals surface area contributed by atoms with Gasteiger partial charge in [0.05, 0.1) is 18.8 Å². The maximum absolute atomic E-state index is 12.7. The first-order valence-corrected chi connectivity index (χ1v) is 10.2. The molecule has 0 radical (unpaired) electrons. The molecule has 0 aromatic carbocycles. The van der Waals surface area contributed by atoms with E-state index < -0.39 is 44.7 Å². The number of rotatable bonds is 4. The van der Waals surface area contributed by atoms with E-state index >= 15 is 0 Å². The van der Waals surface area contributed by atoms with E-state index in [0.717, 1.165) is 6.07 Å². The van der Waals surface area contributed by atoms with Gasteiger partial charge in [-0.15, -0.1) is 0 Å². The van der Waals surface area contributed by atoms with Gasteiger partial charge in [-0.3, -0.25) is 0 Å². The lowest BCUT2D eigenvalue weighted by molar-refractivity contribution is -0.0502. The average Bonchev–Trinajstić information content (AvgIpc) is 2.58. The molecule has 1 aromatic rings. The highest BCUT2D eigenvalue weighted by molar-refractivity contribution is 7.88. The van der Waals surface area contributed by atoms with Crippen molar-refractivity contribution in [1.82, 2.24) is 9.88 Å². The number of carbonyl (C=O) groups excluding carboxylic acids is 2. The van der Waals surface area contributed by atoms with Gasteiger partial charge in [0.25, 0.3) is 0 Å². The molecule has 1 aromatic heterocycles. The van der Waals surface area contributed by atoms with Crippen LogP contribution in [-0.2, 0) is 32.6 Å². The molecule has 1 amide bonds. The van der Waals surface area contributed by atoms with Crippen LogP contribution in [0.2, 0.25) is 0 Å². The van der Waals surface area contributed by atoms with Crippen molar-refractivity contribution in [1.29, 1.82) is 0 Å². The van der Waals surface area contributed by atoms with Gasteiger partial charge in [-0.2, -0.15) is 21.6 Å². The third-order valence-electron chi connectivity index (χ3n) is 3.76. The average molecular weight is 454 g/mol. The van der Waals surface area contributed by atoms with E-state index in [1.165, 1.54) is 11.8 Å². The van der Waals surface area contributed by atoms with Gasteiger partial charge in [0.2, 0.25) is 5.88 Å². The third kappa shape index (κ3) is 5.52. The maximum Gasteiger partial charge on any atom is 0.534 e. The van der Waals surface area contributed by atoms with Crippen molar-refractivity contribution in [3.63, 3.8) is 0 Å². The van der Waals surface area contributed by atoms with Crippen molar-refractivity contribution < 1.29 is 44.8 Å². The second-order valence-corrected chi connectivity index (χ2v) is 8.84. The predicted molar refractivity (Wildman–Crippen MR) is 96.1 cm³/mol. The quantitative estimate of drug-likeness (QED) is 0.388. The van der Waals surface area contributed by atoms with E-state index in [1.807, 2.05) is 0 Å². The molecule has 1 aliphatic heterocycles. The fourth-order valence-electron chi connectivity index (χ4n) is 2.50. The van der Waals surface area contributed by atoms with E-state index in [2.05, 4.69) is 9.17 Å². The molecule has 0 atom stereocenters. The number of fused-ring (bicyclic) bond motifs is 1. The summed E-state index contributed by atoms with van der Waals surface area (Å²) in [5.41, 5.74) is -6.53. The number of hydrogen-bond acceptors (Lipinski definition) is 8. The van der Waals surface area contributed by atoms with Gasteiger partial charge in [0, 0.05) is 13.0 Å². The van der Waals surface area contributed by atoms with Crippen molar-refractivity contribution in [3.05, 3.63) is 22.9 Å². The van der Waals surface area contributed by atoms with Crippen LogP contribution >= 0.6 is 0 Å². The molecular formula is C17H21F3N2O7S. The summed E-state index contributed by atoms with van der Waals surface area (Å²) >= 11 is 0. The first-order valence-electron chi connectivity index (χ1n) is 8.83. The Balaban J connectivity index is 2.42. The summed E-state index contributed by atoms with van der Waals surface area (Å²) in [5, 5.41) is 0. The van der Waals surface area contributed by atoms with E-state index in [0.29, 0.717) is 5.56 Å². The third-order valence-corrected chi connectivity index (χ3v) is 4.70. The Hall–Kier alpha value is -2.57. The Bertz CT molecular complexity index is 940. The second kappa shape index (κ2) is 8.28. The van der Waals surface area contributed by atoms with Crippen LogP contribution in [0.15, 0.2) is 6.07 Å². The molecule has 2 heterocycles. The fourth-order valence-corrected chi connectivity index (χ4v) is 2.93. The highest BCUT2D eigenvalue weighted by Crippen LogP contribution is 2.31. The molecule has 0 spiro atoms.